The lowest BCUT2D eigenvalue weighted by Crippen LogP contribution is -2.43. The Labute approximate surface area is 119 Å². The summed E-state index contributed by atoms with van der Waals surface area (Å²) in [6.45, 7) is 5.31. The van der Waals surface area contributed by atoms with Crippen molar-refractivity contribution in [3.8, 4) is 0 Å². The highest BCUT2D eigenvalue weighted by Gasteiger charge is 2.19. The molecule has 0 unspecified atom stereocenters. The molecule has 0 aliphatic carbocycles. The van der Waals surface area contributed by atoms with E-state index >= 15 is 0 Å². The van der Waals surface area contributed by atoms with Crippen LogP contribution >= 0.6 is 0 Å². The topological polar surface area (TPSA) is 49.4 Å². The maximum Gasteiger partial charge on any atom is 0.311 e. The van der Waals surface area contributed by atoms with E-state index in [2.05, 4.69) is 5.32 Å². The second kappa shape index (κ2) is 8.30. The van der Waals surface area contributed by atoms with Crippen molar-refractivity contribution in [3.63, 3.8) is 0 Å². The average Bonchev–Trinajstić information content (AvgIpc) is 2.45. The molecule has 5 heteroatoms. The molecule has 0 heterocycles. The Morgan fingerprint density at radius 1 is 1.10 bits per heavy atom. The van der Waals surface area contributed by atoms with Crippen LogP contribution in [0.2, 0.25) is 0 Å². The highest BCUT2D eigenvalue weighted by Crippen LogP contribution is 2.02. The van der Waals surface area contributed by atoms with Crippen LogP contribution in [0.25, 0.3) is 0 Å². The molecule has 0 fully saturated rings. The Morgan fingerprint density at radius 2 is 1.65 bits per heavy atom. The first-order valence-electron chi connectivity index (χ1n) is 6.90. The zero-order valence-corrected chi connectivity index (χ0v) is 12.0. The van der Waals surface area contributed by atoms with E-state index in [1.807, 2.05) is 13.8 Å². The van der Waals surface area contributed by atoms with Crippen molar-refractivity contribution in [2.75, 3.05) is 13.1 Å². The molecule has 20 heavy (non-hydrogen) atoms. The second-order valence-electron chi connectivity index (χ2n) is 4.60. The standard InChI is InChI=1S/C15H21FN2O2/c1-3-9-18(10-4-2)15(20)14(19)17-11-12-5-7-13(16)8-6-12/h5-8H,3-4,9-11H2,1-2H3,(H,17,19). The van der Waals surface area contributed by atoms with Crippen molar-refractivity contribution < 1.29 is 14.0 Å². The van der Waals surface area contributed by atoms with Gasteiger partial charge in [-0.2, -0.15) is 0 Å². The Bertz CT molecular complexity index is 440. The quantitative estimate of drug-likeness (QED) is 0.811. The largest absolute Gasteiger partial charge is 0.344 e. The third-order valence-corrected chi connectivity index (χ3v) is 2.83. The van der Waals surface area contributed by atoms with E-state index in [4.69, 9.17) is 0 Å². The molecule has 1 aromatic rings. The zero-order chi connectivity index (χ0) is 15.0. The fourth-order valence-electron chi connectivity index (χ4n) is 1.86. The number of carbonyl (C=O) groups excluding carboxylic acids is 2. The minimum atomic E-state index is -0.615. The number of rotatable bonds is 6. The molecule has 4 nitrogen and oxygen atoms in total. The monoisotopic (exact) mass is 280 g/mol. The van der Waals surface area contributed by atoms with Crippen molar-refractivity contribution in [1.29, 1.82) is 0 Å². The summed E-state index contributed by atoms with van der Waals surface area (Å²) in [5.41, 5.74) is 0.755. The smallest absolute Gasteiger partial charge is 0.311 e. The molecule has 0 bridgehead atoms. The summed E-state index contributed by atoms with van der Waals surface area (Å²) < 4.78 is 12.7. The van der Waals surface area contributed by atoms with Gasteiger partial charge in [0.15, 0.2) is 0 Å². The van der Waals surface area contributed by atoms with Crippen LogP contribution in [-0.4, -0.2) is 29.8 Å². The van der Waals surface area contributed by atoms with Gasteiger partial charge in [-0.1, -0.05) is 26.0 Å². The molecular weight excluding hydrogens is 259 g/mol. The van der Waals surface area contributed by atoms with Crippen molar-refractivity contribution >= 4 is 11.8 Å². The summed E-state index contributed by atoms with van der Waals surface area (Å²) in [4.78, 5) is 25.3. The molecular formula is C15H21FN2O2. The average molecular weight is 280 g/mol. The summed E-state index contributed by atoms with van der Waals surface area (Å²) >= 11 is 0. The molecule has 1 aromatic carbocycles. The first kappa shape index (κ1) is 16.1. The summed E-state index contributed by atoms with van der Waals surface area (Å²) in [5, 5.41) is 2.56. The van der Waals surface area contributed by atoms with E-state index in [1.54, 1.807) is 17.0 Å². The van der Waals surface area contributed by atoms with Crippen LogP contribution in [0.1, 0.15) is 32.3 Å². The maximum absolute atomic E-state index is 12.7. The van der Waals surface area contributed by atoms with Crippen LogP contribution < -0.4 is 5.32 Å². The Hall–Kier alpha value is -1.91. The summed E-state index contributed by atoms with van der Waals surface area (Å²) in [7, 11) is 0. The molecule has 2 amide bonds. The second-order valence-corrected chi connectivity index (χ2v) is 4.60. The molecule has 1 rings (SSSR count). The van der Waals surface area contributed by atoms with Gasteiger partial charge in [0.1, 0.15) is 5.82 Å². The van der Waals surface area contributed by atoms with Gasteiger partial charge in [-0.25, -0.2) is 4.39 Å². The van der Waals surface area contributed by atoms with E-state index in [1.165, 1.54) is 12.1 Å². The number of amides is 2. The van der Waals surface area contributed by atoms with Crippen LogP contribution in [0.4, 0.5) is 4.39 Å². The van der Waals surface area contributed by atoms with Crippen LogP contribution in [0, 0.1) is 5.82 Å². The molecule has 0 aliphatic rings. The van der Waals surface area contributed by atoms with E-state index in [0.29, 0.717) is 13.1 Å². The van der Waals surface area contributed by atoms with E-state index < -0.39 is 11.8 Å². The zero-order valence-electron chi connectivity index (χ0n) is 12.0. The molecule has 1 N–H and O–H groups in total. The van der Waals surface area contributed by atoms with Gasteiger partial charge in [0.05, 0.1) is 0 Å². The van der Waals surface area contributed by atoms with Gasteiger partial charge in [-0.05, 0) is 30.5 Å². The molecule has 0 spiro atoms. The van der Waals surface area contributed by atoms with Gasteiger partial charge in [-0.3, -0.25) is 9.59 Å². The predicted octanol–water partition coefficient (Wildman–Crippen LogP) is 2.09. The number of nitrogens with one attached hydrogen (secondary N) is 1. The first-order valence-corrected chi connectivity index (χ1v) is 6.90. The molecule has 0 aliphatic heterocycles. The first-order chi connectivity index (χ1) is 9.58. The third kappa shape index (κ3) is 4.99. The Balaban J connectivity index is 2.52. The molecule has 0 saturated heterocycles. The SMILES string of the molecule is CCCN(CCC)C(=O)C(=O)NCc1ccc(F)cc1. The van der Waals surface area contributed by atoms with Crippen molar-refractivity contribution in [1.82, 2.24) is 10.2 Å². The van der Waals surface area contributed by atoms with Gasteiger partial charge in [0.2, 0.25) is 0 Å². The van der Waals surface area contributed by atoms with Crippen molar-refractivity contribution in [3.05, 3.63) is 35.6 Å². The predicted molar refractivity (Wildman–Crippen MR) is 75.4 cm³/mol. The van der Waals surface area contributed by atoms with Gasteiger partial charge in [0.25, 0.3) is 0 Å². The minimum absolute atomic E-state index is 0.219. The van der Waals surface area contributed by atoms with Crippen LogP contribution in [0.15, 0.2) is 24.3 Å². The van der Waals surface area contributed by atoms with E-state index in [0.717, 1.165) is 18.4 Å². The molecule has 110 valence electrons. The van der Waals surface area contributed by atoms with Crippen LogP contribution in [-0.2, 0) is 16.1 Å². The van der Waals surface area contributed by atoms with Crippen molar-refractivity contribution in [2.45, 2.75) is 33.2 Å². The fourth-order valence-corrected chi connectivity index (χ4v) is 1.86. The maximum atomic E-state index is 12.7. The number of nitrogens with zero attached hydrogens (tertiary/aromatic N) is 1. The summed E-state index contributed by atoms with van der Waals surface area (Å²) in [6.07, 6.45) is 1.63. The number of hydrogen-bond donors (Lipinski definition) is 1. The Kier molecular flexibility index (Phi) is 6.70. The van der Waals surface area contributed by atoms with Crippen LogP contribution in [0.3, 0.4) is 0 Å². The van der Waals surface area contributed by atoms with Gasteiger partial charge in [-0.15, -0.1) is 0 Å². The van der Waals surface area contributed by atoms with Gasteiger partial charge in [0, 0.05) is 19.6 Å². The highest BCUT2D eigenvalue weighted by molar-refractivity contribution is 6.34. The number of carbonyl (C=O) groups is 2. The molecule has 0 radical (unpaired) electrons. The lowest BCUT2D eigenvalue weighted by atomic mass is 10.2. The minimum Gasteiger partial charge on any atom is -0.344 e. The fraction of sp³-hybridized carbons (Fsp3) is 0.467. The van der Waals surface area contributed by atoms with Gasteiger partial charge < -0.3 is 10.2 Å². The van der Waals surface area contributed by atoms with E-state index in [-0.39, 0.29) is 12.4 Å². The Morgan fingerprint density at radius 3 is 2.15 bits per heavy atom. The highest BCUT2D eigenvalue weighted by atomic mass is 19.1. The lowest BCUT2D eigenvalue weighted by Gasteiger charge is -2.20. The van der Waals surface area contributed by atoms with E-state index in [9.17, 15) is 14.0 Å². The lowest BCUT2D eigenvalue weighted by molar-refractivity contribution is -0.146. The van der Waals surface area contributed by atoms with Crippen LogP contribution in [0.5, 0.6) is 0 Å². The summed E-state index contributed by atoms with van der Waals surface area (Å²) in [5.74, 6) is -1.44. The number of halogens is 1. The number of hydrogen-bond acceptors (Lipinski definition) is 2. The molecule has 0 saturated carbocycles. The van der Waals surface area contributed by atoms with Crippen molar-refractivity contribution in [2.24, 2.45) is 0 Å². The normalized spacial score (nSPS) is 10.2. The molecule has 0 atom stereocenters. The summed E-state index contributed by atoms with van der Waals surface area (Å²) in [6, 6.07) is 5.81. The molecule has 0 aromatic heterocycles. The number of benzene rings is 1. The van der Waals surface area contributed by atoms with Gasteiger partial charge >= 0.3 is 11.8 Å². The third-order valence-electron chi connectivity index (χ3n) is 2.83.